The van der Waals surface area contributed by atoms with Crippen LogP contribution in [0.5, 0.6) is 0 Å². The summed E-state index contributed by atoms with van der Waals surface area (Å²) in [6, 6.07) is 16.5. The largest absolute Gasteiger partial charge is 0.346 e. The van der Waals surface area contributed by atoms with Crippen molar-refractivity contribution in [3.63, 3.8) is 0 Å². The van der Waals surface area contributed by atoms with Crippen LogP contribution in [0.3, 0.4) is 0 Å². The zero-order chi connectivity index (χ0) is 21.9. The number of amides is 1. The van der Waals surface area contributed by atoms with Crippen molar-refractivity contribution in [1.82, 2.24) is 25.4 Å². The predicted molar refractivity (Wildman–Crippen MR) is 129 cm³/mol. The fourth-order valence-electron chi connectivity index (χ4n) is 3.97. The van der Waals surface area contributed by atoms with Crippen LogP contribution in [-0.2, 0) is 13.1 Å². The second-order valence-corrected chi connectivity index (χ2v) is 10.4. The lowest BCUT2D eigenvalue weighted by Crippen LogP contribution is -2.32. The third-order valence-electron chi connectivity index (χ3n) is 5.84. The van der Waals surface area contributed by atoms with Gasteiger partial charge in [0.15, 0.2) is 0 Å². The molecular formula is C24H25N5OS2. The number of aryl methyl sites for hydroxylation is 1. The molecule has 1 fully saturated rings. The molecule has 164 valence electrons. The summed E-state index contributed by atoms with van der Waals surface area (Å²) < 4.78 is 1.27. The number of piperidine rings is 1. The Balaban J connectivity index is 1.12. The van der Waals surface area contributed by atoms with Crippen LogP contribution in [0.15, 0.2) is 48.5 Å². The molecule has 0 saturated carbocycles. The predicted octanol–water partition coefficient (Wildman–Crippen LogP) is 4.77. The number of hydrogen-bond donors (Lipinski definition) is 1. The average Bonchev–Trinajstić information content (AvgIpc) is 3.46. The fraction of sp³-hybridized carbons (Fsp3) is 0.333. The molecule has 0 radical (unpaired) electrons. The second-order valence-electron chi connectivity index (χ2n) is 8.24. The molecule has 2 aromatic heterocycles. The van der Waals surface area contributed by atoms with Gasteiger partial charge in [-0.05, 0) is 50.6 Å². The quantitative estimate of drug-likeness (QED) is 0.446. The molecule has 0 bridgehead atoms. The van der Waals surface area contributed by atoms with Gasteiger partial charge in [-0.1, -0.05) is 53.3 Å². The molecule has 4 aromatic rings. The number of para-hydroxylation sites is 1. The van der Waals surface area contributed by atoms with Crippen LogP contribution in [0.4, 0.5) is 0 Å². The van der Waals surface area contributed by atoms with Gasteiger partial charge in [0.05, 0.1) is 21.8 Å². The Morgan fingerprint density at radius 1 is 1.06 bits per heavy atom. The summed E-state index contributed by atoms with van der Waals surface area (Å²) in [6.07, 6.45) is 2.20. The van der Waals surface area contributed by atoms with E-state index in [1.54, 1.807) is 0 Å². The number of carbonyl (C=O) groups is 1. The van der Waals surface area contributed by atoms with E-state index in [2.05, 4.69) is 45.5 Å². The van der Waals surface area contributed by atoms with Gasteiger partial charge in [-0.15, -0.1) is 21.5 Å². The van der Waals surface area contributed by atoms with Crippen molar-refractivity contribution >= 4 is 38.8 Å². The molecule has 5 rings (SSSR count). The Kier molecular flexibility index (Phi) is 6.25. The summed E-state index contributed by atoms with van der Waals surface area (Å²) >= 11 is 3.21. The van der Waals surface area contributed by atoms with E-state index in [9.17, 15) is 4.79 Å². The molecule has 6 nitrogen and oxygen atoms in total. The Hall–Kier alpha value is -2.68. The molecule has 1 N–H and O–H groups in total. The van der Waals surface area contributed by atoms with E-state index < -0.39 is 0 Å². The number of thiazole rings is 1. The SMILES string of the molecule is Cc1ccc(CNC(=O)c2nnc(CN3CCC(c4nc5ccccc5s4)CC3)s2)cc1. The number of nitrogens with zero attached hydrogens (tertiary/aromatic N) is 4. The first-order chi connectivity index (χ1) is 15.6. The smallest absolute Gasteiger partial charge is 0.282 e. The molecule has 32 heavy (non-hydrogen) atoms. The van der Waals surface area contributed by atoms with E-state index >= 15 is 0 Å². The third-order valence-corrected chi connectivity index (χ3v) is 7.95. The minimum absolute atomic E-state index is 0.163. The van der Waals surface area contributed by atoms with Crippen molar-refractivity contribution in [3.05, 3.63) is 74.7 Å². The van der Waals surface area contributed by atoms with Crippen LogP contribution in [0.2, 0.25) is 0 Å². The number of carbonyl (C=O) groups excluding carboxylic acids is 1. The van der Waals surface area contributed by atoms with Gasteiger partial charge >= 0.3 is 0 Å². The summed E-state index contributed by atoms with van der Waals surface area (Å²) in [4.78, 5) is 19.7. The zero-order valence-electron chi connectivity index (χ0n) is 18.0. The van der Waals surface area contributed by atoms with Gasteiger partial charge in [0.25, 0.3) is 5.91 Å². The standard InChI is InChI=1S/C24H25N5OS2/c1-16-6-8-17(9-7-16)14-25-22(30)24-28-27-21(32-24)15-29-12-10-18(11-13-29)23-26-19-4-2-3-5-20(19)31-23/h2-9,18H,10-15H2,1H3,(H,25,30). The molecule has 0 aliphatic carbocycles. The number of nitrogens with one attached hydrogen (secondary N) is 1. The lowest BCUT2D eigenvalue weighted by atomic mass is 9.97. The highest BCUT2D eigenvalue weighted by molar-refractivity contribution is 7.18. The van der Waals surface area contributed by atoms with Crippen LogP contribution >= 0.6 is 22.7 Å². The highest BCUT2D eigenvalue weighted by Crippen LogP contribution is 2.34. The van der Waals surface area contributed by atoms with Crippen molar-refractivity contribution in [1.29, 1.82) is 0 Å². The van der Waals surface area contributed by atoms with E-state index in [1.165, 1.54) is 26.6 Å². The number of rotatable bonds is 6. The van der Waals surface area contributed by atoms with Gasteiger partial charge in [-0.2, -0.15) is 0 Å². The van der Waals surface area contributed by atoms with Gasteiger partial charge < -0.3 is 5.32 Å². The molecule has 2 aromatic carbocycles. The van der Waals surface area contributed by atoms with Crippen molar-refractivity contribution in [2.75, 3.05) is 13.1 Å². The van der Waals surface area contributed by atoms with Gasteiger partial charge in [0, 0.05) is 12.5 Å². The van der Waals surface area contributed by atoms with E-state index in [-0.39, 0.29) is 5.91 Å². The first-order valence-electron chi connectivity index (χ1n) is 10.9. The van der Waals surface area contributed by atoms with Gasteiger partial charge in [-0.25, -0.2) is 4.98 Å². The third kappa shape index (κ3) is 4.87. The minimum Gasteiger partial charge on any atom is -0.346 e. The van der Waals surface area contributed by atoms with E-state index in [0.717, 1.165) is 48.6 Å². The first kappa shape index (κ1) is 21.2. The maximum absolute atomic E-state index is 12.4. The van der Waals surface area contributed by atoms with Gasteiger partial charge in [0.2, 0.25) is 5.01 Å². The molecule has 1 amide bonds. The lowest BCUT2D eigenvalue weighted by Gasteiger charge is -2.30. The topological polar surface area (TPSA) is 71.0 Å². The highest BCUT2D eigenvalue weighted by Gasteiger charge is 2.24. The van der Waals surface area contributed by atoms with Crippen LogP contribution < -0.4 is 5.32 Å². The summed E-state index contributed by atoms with van der Waals surface area (Å²) in [5.41, 5.74) is 3.39. The number of likely N-dealkylation sites (tertiary alicyclic amines) is 1. The Morgan fingerprint density at radius 2 is 1.84 bits per heavy atom. The molecule has 0 spiro atoms. The van der Waals surface area contributed by atoms with E-state index in [0.29, 0.717) is 17.5 Å². The van der Waals surface area contributed by atoms with Crippen molar-refractivity contribution < 1.29 is 4.79 Å². The second kappa shape index (κ2) is 9.44. The zero-order valence-corrected chi connectivity index (χ0v) is 19.6. The summed E-state index contributed by atoms with van der Waals surface area (Å²) in [7, 11) is 0. The van der Waals surface area contributed by atoms with Crippen molar-refractivity contribution in [2.24, 2.45) is 0 Å². The van der Waals surface area contributed by atoms with Crippen LogP contribution in [0.1, 0.15) is 49.7 Å². The molecule has 1 aliphatic heterocycles. The normalized spacial score (nSPS) is 15.3. The highest BCUT2D eigenvalue weighted by atomic mass is 32.1. The molecular weight excluding hydrogens is 438 g/mol. The maximum Gasteiger partial charge on any atom is 0.282 e. The molecule has 1 aliphatic rings. The van der Waals surface area contributed by atoms with Gasteiger partial charge in [0.1, 0.15) is 5.01 Å². The molecule has 0 atom stereocenters. The van der Waals surface area contributed by atoms with Crippen molar-refractivity contribution in [2.45, 2.75) is 38.8 Å². The number of hydrogen-bond acceptors (Lipinski definition) is 7. The number of benzene rings is 2. The Morgan fingerprint density at radius 3 is 2.62 bits per heavy atom. The summed E-state index contributed by atoms with van der Waals surface area (Å²) in [6.45, 7) is 5.31. The number of aromatic nitrogens is 3. The monoisotopic (exact) mass is 463 g/mol. The van der Waals surface area contributed by atoms with E-state index in [4.69, 9.17) is 4.98 Å². The van der Waals surface area contributed by atoms with Crippen molar-refractivity contribution in [3.8, 4) is 0 Å². The molecule has 3 heterocycles. The molecule has 8 heteroatoms. The summed E-state index contributed by atoms with van der Waals surface area (Å²) in [5, 5.41) is 13.9. The van der Waals surface area contributed by atoms with Crippen LogP contribution in [0.25, 0.3) is 10.2 Å². The lowest BCUT2D eigenvalue weighted by molar-refractivity contribution is 0.0950. The number of fused-ring (bicyclic) bond motifs is 1. The average molecular weight is 464 g/mol. The summed E-state index contributed by atoms with van der Waals surface area (Å²) in [5.74, 6) is 0.366. The Bertz CT molecular complexity index is 1180. The first-order valence-corrected chi connectivity index (χ1v) is 12.5. The van der Waals surface area contributed by atoms with Crippen LogP contribution in [0, 0.1) is 6.92 Å². The Labute approximate surface area is 195 Å². The van der Waals surface area contributed by atoms with E-state index in [1.807, 2.05) is 41.7 Å². The minimum atomic E-state index is -0.163. The fourth-order valence-corrected chi connectivity index (χ4v) is 5.90. The molecule has 0 unspecified atom stereocenters. The molecule has 1 saturated heterocycles. The van der Waals surface area contributed by atoms with Gasteiger partial charge in [-0.3, -0.25) is 9.69 Å². The van der Waals surface area contributed by atoms with Crippen LogP contribution in [-0.4, -0.2) is 39.1 Å². The maximum atomic E-state index is 12.4.